The molecule has 0 radical (unpaired) electrons. The molecule has 7 nitrogen and oxygen atoms in total. The second-order valence-corrected chi connectivity index (χ2v) is 8.80. The summed E-state index contributed by atoms with van der Waals surface area (Å²) in [4.78, 5) is 39.2. The standard InChI is InChI=1S/C24H30N4O3S/c1-17(29)26-20-7-9-21(10-8-20)27-24(31)23(30)25-15-18-11-13-28(14-12-18)16-19-5-3-4-6-22(19)32-2/h3-10,18H,11-16H2,1-2H3,(H,25,30)(H,26,29)(H,27,31). The van der Waals surface area contributed by atoms with Gasteiger partial charge in [0.15, 0.2) is 0 Å². The Morgan fingerprint density at radius 3 is 2.19 bits per heavy atom. The molecule has 0 unspecified atom stereocenters. The number of benzene rings is 2. The number of anilines is 2. The molecule has 3 N–H and O–H groups in total. The Hall–Kier alpha value is -2.84. The van der Waals surface area contributed by atoms with Gasteiger partial charge in [0, 0.05) is 36.3 Å². The molecule has 3 rings (SSSR count). The van der Waals surface area contributed by atoms with Gasteiger partial charge in [0.1, 0.15) is 0 Å². The van der Waals surface area contributed by atoms with Gasteiger partial charge in [-0.15, -0.1) is 11.8 Å². The third kappa shape index (κ3) is 7.10. The highest BCUT2D eigenvalue weighted by Gasteiger charge is 2.22. The number of hydrogen-bond donors (Lipinski definition) is 3. The van der Waals surface area contributed by atoms with E-state index < -0.39 is 11.8 Å². The van der Waals surface area contributed by atoms with Crippen LogP contribution < -0.4 is 16.0 Å². The zero-order chi connectivity index (χ0) is 22.9. The molecule has 3 amide bonds. The lowest BCUT2D eigenvalue weighted by atomic mass is 9.96. The van der Waals surface area contributed by atoms with Crippen molar-refractivity contribution in [2.45, 2.75) is 31.2 Å². The quantitative estimate of drug-likeness (QED) is 0.441. The monoisotopic (exact) mass is 454 g/mol. The fraction of sp³-hybridized carbons (Fsp3) is 0.375. The third-order valence-electron chi connectivity index (χ3n) is 5.51. The first-order valence-corrected chi connectivity index (χ1v) is 12.0. The number of hydrogen-bond acceptors (Lipinski definition) is 5. The molecule has 170 valence electrons. The topological polar surface area (TPSA) is 90.5 Å². The summed E-state index contributed by atoms with van der Waals surface area (Å²) in [5.41, 5.74) is 2.48. The number of nitrogens with one attached hydrogen (secondary N) is 3. The largest absolute Gasteiger partial charge is 0.348 e. The van der Waals surface area contributed by atoms with Gasteiger partial charge in [0.25, 0.3) is 0 Å². The average molecular weight is 455 g/mol. The second-order valence-electron chi connectivity index (χ2n) is 7.95. The molecule has 0 saturated carbocycles. The molecule has 0 bridgehead atoms. The summed E-state index contributed by atoms with van der Waals surface area (Å²) in [6.07, 6.45) is 4.09. The summed E-state index contributed by atoms with van der Waals surface area (Å²) in [6.45, 7) is 4.84. The minimum absolute atomic E-state index is 0.170. The molecule has 8 heteroatoms. The predicted octanol–water partition coefficient (Wildman–Crippen LogP) is 3.33. The Morgan fingerprint density at radius 1 is 0.938 bits per heavy atom. The molecule has 0 atom stereocenters. The first kappa shape index (κ1) is 23.8. The van der Waals surface area contributed by atoms with Gasteiger partial charge in [-0.05, 0) is 74.0 Å². The smallest absolute Gasteiger partial charge is 0.313 e. The van der Waals surface area contributed by atoms with E-state index in [1.165, 1.54) is 17.4 Å². The van der Waals surface area contributed by atoms with Crippen molar-refractivity contribution in [3.8, 4) is 0 Å². The molecule has 2 aromatic rings. The molecule has 2 aromatic carbocycles. The van der Waals surface area contributed by atoms with E-state index >= 15 is 0 Å². The van der Waals surface area contributed by atoms with Gasteiger partial charge in [-0.2, -0.15) is 0 Å². The fourth-order valence-corrected chi connectivity index (χ4v) is 4.38. The van der Waals surface area contributed by atoms with E-state index in [1.54, 1.807) is 36.0 Å². The third-order valence-corrected chi connectivity index (χ3v) is 6.35. The summed E-state index contributed by atoms with van der Waals surface area (Å²) in [6, 6.07) is 15.1. The maximum Gasteiger partial charge on any atom is 0.313 e. The summed E-state index contributed by atoms with van der Waals surface area (Å²) >= 11 is 1.77. The molecule has 32 heavy (non-hydrogen) atoms. The predicted molar refractivity (Wildman–Crippen MR) is 129 cm³/mol. The van der Waals surface area contributed by atoms with Crippen molar-refractivity contribution < 1.29 is 14.4 Å². The van der Waals surface area contributed by atoms with E-state index in [2.05, 4.69) is 51.4 Å². The molecule has 1 aliphatic heterocycles. The van der Waals surface area contributed by atoms with E-state index in [-0.39, 0.29) is 5.91 Å². The molecular formula is C24H30N4O3S. The number of amides is 3. The van der Waals surface area contributed by atoms with Crippen LogP contribution in [0.1, 0.15) is 25.3 Å². The van der Waals surface area contributed by atoms with Gasteiger partial charge >= 0.3 is 11.8 Å². The van der Waals surface area contributed by atoms with Crippen molar-refractivity contribution in [2.75, 3.05) is 36.5 Å². The van der Waals surface area contributed by atoms with Crippen LogP contribution >= 0.6 is 11.8 Å². The molecule has 0 aliphatic carbocycles. The summed E-state index contributed by atoms with van der Waals surface area (Å²) in [5, 5.41) is 8.00. The molecule has 0 aromatic heterocycles. The normalized spacial score (nSPS) is 14.6. The Morgan fingerprint density at radius 2 is 1.56 bits per heavy atom. The number of nitrogens with zero attached hydrogens (tertiary/aromatic N) is 1. The highest BCUT2D eigenvalue weighted by atomic mass is 32.2. The highest BCUT2D eigenvalue weighted by molar-refractivity contribution is 7.98. The molecule has 0 spiro atoms. The van der Waals surface area contributed by atoms with Crippen LogP contribution in [-0.2, 0) is 20.9 Å². The van der Waals surface area contributed by atoms with E-state index in [1.807, 2.05) is 0 Å². The lowest BCUT2D eigenvalue weighted by Gasteiger charge is -2.32. The molecule has 1 saturated heterocycles. The summed E-state index contributed by atoms with van der Waals surface area (Å²) < 4.78 is 0. The Bertz CT molecular complexity index is 941. The number of piperidine rings is 1. The minimum atomic E-state index is -0.691. The first-order chi connectivity index (χ1) is 15.4. The van der Waals surface area contributed by atoms with Crippen molar-refractivity contribution in [1.29, 1.82) is 0 Å². The van der Waals surface area contributed by atoms with Gasteiger partial charge < -0.3 is 16.0 Å². The van der Waals surface area contributed by atoms with Crippen molar-refractivity contribution >= 4 is 40.9 Å². The van der Waals surface area contributed by atoms with Crippen molar-refractivity contribution in [2.24, 2.45) is 5.92 Å². The first-order valence-electron chi connectivity index (χ1n) is 10.8. The zero-order valence-corrected chi connectivity index (χ0v) is 19.3. The Kier molecular flexibility index (Phi) is 8.70. The number of thioether (sulfide) groups is 1. The molecule has 1 fully saturated rings. The number of rotatable bonds is 7. The second kappa shape index (κ2) is 11.7. The van der Waals surface area contributed by atoms with Crippen LogP contribution in [0.15, 0.2) is 53.4 Å². The average Bonchev–Trinajstić information content (AvgIpc) is 2.79. The van der Waals surface area contributed by atoms with Crippen LogP contribution in [0.5, 0.6) is 0 Å². The van der Waals surface area contributed by atoms with Gasteiger partial charge in [-0.25, -0.2) is 0 Å². The summed E-state index contributed by atoms with van der Waals surface area (Å²) in [7, 11) is 0. The van der Waals surface area contributed by atoms with E-state index in [9.17, 15) is 14.4 Å². The lowest BCUT2D eigenvalue weighted by Crippen LogP contribution is -2.41. The maximum atomic E-state index is 12.2. The van der Waals surface area contributed by atoms with Gasteiger partial charge in [-0.1, -0.05) is 18.2 Å². The van der Waals surface area contributed by atoms with Crippen LogP contribution in [0.25, 0.3) is 0 Å². The SMILES string of the molecule is CSc1ccccc1CN1CCC(CNC(=O)C(=O)Nc2ccc(NC(C)=O)cc2)CC1. The van der Waals surface area contributed by atoms with E-state index in [0.717, 1.165) is 32.5 Å². The minimum Gasteiger partial charge on any atom is -0.348 e. The lowest BCUT2D eigenvalue weighted by molar-refractivity contribution is -0.136. The van der Waals surface area contributed by atoms with Crippen LogP contribution in [0, 0.1) is 5.92 Å². The van der Waals surface area contributed by atoms with Crippen molar-refractivity contribution in [3.63, 3.8) is 0 Å². The van der Waals surface area contributed by atoms with Crippen molar-refractivity contribution in [3.05, 3.63) is 54.1 Å². The van der Waals surface area contributed by atoms with Gasteiger partial charge in [-0.3, -0.25) is 19.3 Å². The van der Waals surface area contributed by atoms with Crippen LogP contribution in [0.2, 0.25) is 0 Å². The van der Waals surface area contributed by atoms with E-state index in [0.29, 0.717) is 23.8 Å². The molecule has 1 aliphatic rings. The Balaban J connectivity index is 1.39. The molecular weight excluding hydrogens is 424 g/mol. The van der Waals surface area contributed by atoms with Gasteiger partial charge in [0.2, 0.25) is 5.91 Å². The van der Waals surface area contributed by atoms with E-state index in [4.69, 9.17) is 0 Å². The number of carbonyl (C=O) groups excluding carboxylic acids is 3. The highest BCUT2D eigenvalue weighted by Crippen LogP contribution is 2.24. The summed E-state index contributed by atoms with van der Waals surface area (Å²) in [5.74, 6) is -1.12. The molecule has 1 heterocycles. The number of carbonyl (C=O) groups is 3. The fourth-order valence-electron chi connectivity index (χ4n) is 3.77. The zero-order valence-electron chi connectivity index (χ0n) is 18.5. The number of likely N-dealkylation sites (tertiary alicyclic amines) is 1. The van der Waals surface area contributed by atoms with Crippen molar-refractivity contribution in [1.82, 2.24) is 10.2 Å². The van der Waals surface area contributed by atoms with Gasteiger partial charge in [0.05, 0.1) is 0 Å². The van der Waals surface area contributed by atoms with Crippen LogP contribution in [-0.4, -0.2) is 48.5 Å². The van der Waals surface area contributed by atoms with Crippen LogP contribution in [0.4, 0.5) is 11.4 Å². The Labute approximate surface area is 193 Å². The van der Waals surface area contributed by atoms with Crippen LogP contribution in [0.3, 0.4) is 0 Å². The maximum absolute atomic E-state index is 12.2.